The molecule has 106 valence electrons. The van der Waals surface area contributed by atoms with Crippen LogP contribution in [0.25, 0.3) is 0 Å². The fourth-order valence-corrected chi connectivity index (χ4v) is 2.53. The van der Waals surface area contributed by atoms with Gasteiger partial charge in [-0.05, 0) is 29.8 Å². The van der Waals surface area contributed by atoms with Gasteiger partial charge < -0.3 is 5.11 Å². The lowest BCUT2D eigenvalue weighted by Gasteiger charge is -2.23. The lowest BCUT2D eigenvalue weighted by molar-refractivity contribution is -0.129. The highest BCUT2D eigenvalue weighted by atomic mass is 35.5. The molecule has 0 bridgehead atoms. The molecule has 1 heterocycles. The lowest BCUT2D eigenvalue weighted by Crippen LogP contribution is -2.18. The number of hydrogen-bond donors (Lipinski definition) is 1. The van der Waals surface area contributed by atoms with E-state index in [1.165, 1.54) is 0 Å². The number of halogens is 1. The Kier molecular flexibility index (Phi) is 3.62. The van der Waals surface area contributed by atoms with Gasteiger partial charge in [-0.15, -0.1) is 0 Å². The number of carbonyl (C=O) groups is 1. The van der Waals surface area contributed by atoms with E-state index in [2.05, 4.69) is 5.10 Å². The van der Waals surface area contributed by atoms with E-state index in [9.17, 15) is 9.90 Å². The van der Waals surface area contributed by atoms with Gasteiger partial charge in [0.25, 0.3) is 0 Å². The van der Waals surface area contributed by atoms with E-state index in [0.29, 0.717) is 11.4 Å². The molecule has 4 nitrogen and oxygen atoms in total. The smallest absolute Gasteiger partial charge is 0.352 e. The minimum absolute atomic E-state index is 0.113. The Morgan fingerprint density at radius 1 is 1.14 bits per heavy atom. The van der Waals surface area contributed by atoms with E-state index in [1.807, 2.05) is 42.5 Å². The molecule has 5 heteroatoms. The molecule has 0 aliphatic carbocycles. The van der Waals surface area contributed by atoms with Crippen LogP contribution in [0.4, 0.5) is 5.69 Å². The van der Waals surface area contributed by atoms with Crippen molar-refractivity contribution in [3.05, 3.63) is 65.2 Å². The van der Waals surface area contributed by atoms with Crippen molar-refractivity contribution < 1.29 is 9.90 Å². The number of hydrazone groups is 1. The van der Waals surface area contributed by atoms with E-state index in [0.717, 1.165) is 11.3 Å². The van der Waals surface area contributed by atoms with Crippen molar-refractivity contribution >= 4 is 29.0 Å². The molecule has 0 aromatic heterocycles. The van der Waals surface area contributed by atoms with Gasteiger partial charge in [-0.2, -0.15) is 5.10 Å². The minimum Gasteiger partial charge on any atom is -0.477 e. The molecule has 1 atom stereocenters. The van der Waals surface area contributed by atoms with Crippen LogP contribution in [0.2, 0.25) is 5.02 Å². The number of nitrogens with zero attached hydrogens (tertiary/aromatic N) is 2. The van der Waals surface area contributed by atoms with Crippen LogP contribution >= 0.6 is 11.6 Å². The Balaban J connectivity index is 2.00. The number of anilines is 1. The van der Waals surface area contributed by atoms with Crippen LogP contribution in [-0.4, -0.2) is 16.8 Å². The van der Waals surface area contributed by atoms with Crippen molar-refractivity contribution in [2.75, 3.05) is 5.01 Å². The average Bonchev–Trinajstić information content (AvgIpc) is 2.94. The van der Waals surface area contributed by atoms with Gasteiger partial charge in [0, 0.05) is 11.4 Å². The van der Waals surface area contributed by atoms with Crippen LogP contribution in [0.5, 0.6) is 0 Å². The quantitative estimate of drug-likeness (QED) is 0.939. The predicted octanol–water partition coefficient (Wildman–Crippen LogP) is 3.73. The molecule has 0 radical (unpaired) electrons. The molecule has 0 saturated carbocycles. The fraction of sp³-hybridized carbons (Fsp3) is 0.125. The average molecular weight is 301 g/mol. The van der Waals surface area contributed by atoms with Gasteiger partial charge in [0.05, 0.1) is 11.7 Å². The third-order valence-electron chi connectivity index (χ3n) is 3.43. The SMILES string of the molecule is O=C(O)C1=NN(c2ccc(Cl)cc2)[C@H](c2ccccc2)C1. The normalized spacial score (nSPS) is 17.7. The van der Waals surface area contributed by atoms with Crippen LogP contribution in [0.1, 0.15) is 18.0 Å². The van der Waals surface area contributed by atoms with Gasteiger partial charge in [0.2, 0.25) is 0 Å². The zero-order valence-corrected chi connectivity index (χ0v) is 11.9. The molecule has 0 saturated heterocycles. The Morgan fingerprint density at radius 2 is 1.81 bits per heavy atom. The van der Waals surface area contributed by atoms with E-state index >= 15 is 0 Å². The first kappa shape index (κ1) is 13.6. The molecule has 1 aliphatic rings. The third-order valence-corrected chi connectivity index (χ3v) is 3.68. The van der Waals surface area contributed by atoms with Crippen LogP contribution < -0.4 is 5.01 Å². The van der Waals surface area contributed by atoms with Gasteiger partial charge in [-0.1, -0.05) is 41.9 Å². The number of hydrogen-bond acceptors (Lipinski definition) is 3. The van der Waals surface area contributed by atoms with Crippen LogP contribution in [0, 0.1) is 0 Å². The number of carboxylic acids is 1. The molecule has 21 heavy (non-hydrogen) atoms. The molecule has 3 rings (SSSR count). The highest BCUT2D eigenvalue weighted by molar-refractivity contribution is 6.36. The van der Waals surface area contributed by atoms with Crippen molar-refractivity contribution in [3.8, 4) is 0 Å². The first-order valence-corrected chi connectivity index (χ1v) is 6.93. The summed E-state index contributed by atoms with van der Waals surface area (Å²) in [5.41, 5.74) is 2.02. The summed E-state index contributed by atoms with van der Waals surface area (Å²) in [7, 11) is 0. The lowest BCUT2D eigenvalue weighted by atomic mass is 10.0. The van der Waals surface area contributed by atoms with Crippen molar-refractivity contribution in [2.24, 2.45) is 5.10 Å². The Labute approximate surface area is 127 Å². The van der Waals surface area contributed by atoms with Gasteiger partial charge >= 0.3 is 5.97 Å². The zero-order valence-electron chi connectivity index (χ0n) is 11.1. The summed E-state index contributed by atoms with van der Waals surface area (Å²) in [5, 5.41) is 15.8. The number of rotatable bonds is 3. The molecule has 2 aromatic rings. The largest absolute Gasteiger partial charge is 0.477 e. The standard InChI is InChI=1S/C16H13ClN2O2/c17-12-6-8-13(9-7-12)19-15(10-14(18-19)16(20)21)11-4-2-1-3-5-11/h1-9,15H,10H2,(H,20,21)/t15-/m0/s1. The number of benzene rings is 2. The highest BCUT2D eigenvalue weighted by Crippen LogP contribution is 2.35. The Bertz CT molecular complexity index is 683. The topological polar surface area (TPSA) is 52.9 Å². The third kappa shape index (κ3) is 2.76. The molecular formula is C16H13ClN2O2. The van der Waals surface area contributed by atoms with Crippen LogP contribution in [0.3, 0.4) is 0 Å². The molecule has 0 spiro atoms. The van der Waals surface area contributed by atoms with Crippen molar-refractivity contribution in [2.45, 2.75) is 12.5 Å². The summed E-state index contributed by atoms with van der Waals surface area (Å²) in [5.74, 6) is -0.979. The zero-order chi connectivity index (χ0) is 14.8. The minimum atomic E-state index is -0.979. The summed E-state index contributed by atoms with van der Waals surface area (Å²) in [4.78, 5) is 11.2. The summed E-state index contributed by atoms with van der Waals surface area (Å²) >= 11 is 5.90. The molecule has 0 fully saturated rings. The molecule has 2 aromatic carbocycles. The van der Waals surface area contributed by atoms with Crippen molar-refractivity contribution in [1.82, 2.24) is 0 Å². The van der Waals surface area contributed by atoms with Crippen molar-refractivity contribution in [3.63, 3.8) is 0 Å². The summed E-state index contributed by atoms with van der Waals surface area (Å²) < 4.78 is 0. The maximum Gasteiger partial charge on any atom is 0.352 e. The van der Waals surface area contributed by atoms with Gasteiger partial charge in [0.15, 0.2) is 0 Å². The monoisotopic (exact) mass is 300 g/mol. The first-order valence-electron chi connectivity index (χ1n) is 6.55. The fourth-order valence-electron chi connectivity index (χ4n) is 2.41. The van der Waals surface area contributed by atoms with Gasteiger partial charge in [-0.3, -0.25) is 5.01 Å². The number of aliphatic carboxylic acids is 1. The molecule has 0 unspecified atom stereocenters. The second kappa shape index (κ2) is 5.58. The predicted molar refractivity (Wildman–Crippen MR) is 82.8 cm³/mol. The van der Waals surface area contributed by atoms with E-state index < -0.39 is 5.97 Å². The van der Waals surface area contributed by atoms with E-state index in [-0.39, 0.29) is 11.8 Å². The molecule has 1 N–H and O–H groups in total. The summed E-state index contributed by atoms with van der Waals surface area (Å²) in [6.07, 6.45) is 0.377. The molecule has 0 amide bonds. The maximum absolute atomic E-state index is 11.2. The maximum atomic E-state index is 11.2. The van der Waals surface area contributed by atoms with E-state index in [4.69, 9.17) is 11.6 Å². The van der Waals surface area contributed by atoms with E-state index in [1.54, 1.807) is 17.1 Å². The summed E-state index contributed by atoms with van der Waals surface area (Å²) in [6.45, 7) is 0. The van der Waals surface area contributed by atoms with Crippen molar-refractivity contribution in [1.29, 1.82) is 0 Å². The number of carboxylic acid groups (broad SMARTS) is 1. The Hall–Kier alpha value is -2.33. The second-order valence-electron chi connectivity index (χ2n) is 4.80. The highest BCUT2D eigenvalue weighted by Gasteiger charge is 2.32. The second-order valence-corrected chi connectivity index (χ2v) is 5.24. The molecular weight excluding hydrogens is 288 g/mol. The van der Waals surface area contributed by atoms with Crippen LogP contribution in [0.15, 0.2) is 59.7 Å². The Morgan fingerprint density at radius 3 is 2.43 bits per heavy atom. The summed E-state index contributed by atoms with van der Waals surface area (Å²) in [6, 6.07) is 16.9. The first-order chi connectivity index (χ1) is 10.1. The van der Waals surface area contributed by atoms with Crippen LogP contribution in [-0.2, 0) is 4.79 Å². The van der Waals surface area contributed by atoms with Gasteiger partial charge in [-0.25, -0.2) is 4.79 Å². The molecule has 1 aliphatic heterocycles. The van der Waals surface area contributed by atoms with Gasteiger partial charge in [0.1, 0.15) is 5.71 Å².